The molecule has 0 spiro atoms. The Kier molecular flexibility index (Phi) is 4.22. The van der Waals surface area contributed by atoms with Crippen LogP contribution in [-0.4, -0.2) is 33.7 Å². The Bertz CT molecular complexity index is 357. The molecule has 4 heteroatoms. The maximum absolute atomic E-state index is 12.0. The molecule has 2 saturated carbocycles. The molecule has 0 heterocycles. The molecule has 2 aliphatic carbocycles. The van der Waals surface area contributed by atoms with Gasteiger partial charge in [-0.05, 0) is 36.5 Å². The Labute approximate surface area is 115 Å². The van der Waals surface area contributed by atoms with E-state index in [0.29, 0.717) is 18.8 Å². The average molecular weight is 272 g/mol. The second kappa shape index (κ2) is 4.83. The number of Topliss-reactive ketones (excluding diaryl/α,β-unsaturated/α-hetero) is 1. The molecule has 2 aliphatic rings. The lowest BCUT2D eigenvalue weighted by molar-refractivity contribution is -0.182. The summed E-state index contributed by atoms with van der Waals surface area (Å²) in [4.78, 5) is 12.0. The minimum atomic E-state index is -0.853. The average Bonchev–Trinajstić information content (AvgIpc) is 2.12. The summed E-state index contributed by atoms with van der Waals surface area (Å²) >= 11 is 0. The van der Waals surface area contributed by atoms with Gasteiger partial charge in [0, 0.05) is 25.4 Å². The Morgan fingerprint density at radius 2 is 1.79 bits per heavy atom. The van der Waals surface area contributed by atoms with E-state index in [1.165, 1.54) is 0 Å². The SMILES string of the molecule is CC1(C)CC(=O)C[C@]2(C)[C@@H](CO)[C@](C)(O)CC[C@@H]12.O. The minimum absolute atomic E-state index is 0. The van der Waals surface area contributed by atoms with E-state index in [4.69, 9.17) is 0 Å². The standard InChI is InChI=1S/C15H26O3.H2O/c1-13(2)7-10(17)8-14(3)11(13)5-6-15(4,18)12(14)9-16;/h11-12,16,18H,5-9H2,1-4H3;1H2/t11-,12+,14-,15+;/m0./s1. The molecule has 4 nitrogen and oxygen atoms in total. The maximum atomic E-state index is 12.0. The van der Waals surface area contributed by atoms with Crippen molar-refractivity contribution in [2.75, 3.05) is 6.61 Å². The Balaban J connectivity index is 0.00000180. The number of ketones is 1. The van der Waals surface area contributed by atoms with Crippen molar-refractivity contribution >= 4 is 5.78 Å². The van der Waals surface area contributed by atoms with Gasteiger partial charge in [-0.1, -0.05) is 20.8 Å². The van der Waals surface area contributed by atoms with Gasteiger partial charge in [-0.2, -0.15) is 0 Å². The van der Waals surface area contributed by atoms with Gasteiger partial charge in [0.2, 0.25) is 0 Å². The normalized spacial score (nSPS) is 45.3. The number of fused-ring (bicyclic) bond motifs is 1. The van der Waals surface area contributed by atoms with Gasteiger partial charge in [0.15, 0.2) is 0 Å². The molecule has 4 N–H and O–H groups in total. The zero-order valence-electron chi connectivity index (χ0n) is 12.5. The summed E-state index contributed by atoms with van der Waals surface area (Å²) in [7, 11) is 0. The predicted octanol–water partition coefficient (Wildman–Crippen LogP) is 1.33. The summed E-state index contributed by atoms with van der Waals surface area (Å²) in [5.41, 5.74) is -1.14. The molecular weight excluding hydrogens is 244 g/mol. The van der Waals surface area contributed by atoms with Crippen LogP contribution in [0.1, 0.15) is 53.4 Å². The second-order valence-corrected chi connectivity index (χ2v) is 7.57. The first-order chi connectivity index (χ1) is 8.13. The number of carbonyl (C=O) groups is 1. The van der Waals surface area contributed by atoms with E-state index in [1.807, 2.05) is 0 Å². The van der Waals surface area contributed by atoms with Crippen LogP contribution in [0.4, 0.5) is 0 Å². The van der Waals surface area contributed by atoms with E-state index in [-0.39, 0.29) is 34.6 Å². The summed E-state index contributed by atoms with van der Waals surface area (Å²) in [5, 5.41) is 20.2. The second-order valence-electron chi connectivity index (χ2n) is 7.57. The van der Waals surface area contributed by atoms with E-state index < -0.39 is 5.60 Å². The third-order valence-corrected chi connectivity index (χ3v) is 5.64. The van der Waals surface area contributed by atoms with Crippen LogP contribution in [-0.2, 0) is 4.79 Å². The Morgan fingerprint density at radius 3 is 2.32 bits per heavy atom. The van der Waals surface area contributed by atoms with Gasteiger partial charge in [-0.25, -0.2) is 0 Å². The summed E-state index contributed by atoms with van der Waals surface area (Å²) in [6, 6.07) is 0. The van der Waals surface area contributed by atoms with Crippen molar-refractivity contribution in [3.63, 3.8) is 0 Å². The number of hydrogen-bond donors (Lipinski definition) is 2. The smallest absolute Gasteiger partial charge is 0.134 e. The highest BCUT2D eigenvalue weighted by molar-refractivity contribution is 5.81. The topological polar surface area (TPSA) is 89.0 Å². The van der Waals surface area contributed by atoms with Crippen LogP contribution in [0, 0.1) is 22.7 Å². The Morgan fingerprint density at radius 1 is 1.21 bits per heavy atom. The third-order valence-electron chi connectivity index (χ3n) is 5.64. The molecule has 4 atom stereocenters. The molecule has 0 radical (unpaired) electrons. The molecule has 0 bridgehead atoms. The Hall–Kier alpha value is -0.450. The third kappa shape index (κ3) is 2.46. The van der Waals surface area contributed by atoms with E-state index >= 15 is 0 Å². The van der Waals surface area contributed by atoms with E-state index in [9.17, 15) is 15.0 Å². The van der Waals surface area contributed by atoms with E-state index in [0.717, 1.165) is 12.8 Å². The molecule has 0 aliphatic heterocycles. The largest absolute Gasteiger partial charge is 0.412 e. The predicted molar refractivity (Wildman–Crippen MR) is 73.7 cm³/mol. The van der Waals surface area contributed by atoms with Crippen molar-refractivity contribution in [1.82, 2.24) is 0 Å². The van der Waals surface area contributed by atoms with Crippen LogP contribution >= 0.6 is 0 Å². The minimum Gasteiger partial charge on any atom is -0.412 e. The van der Waals surface area contributed by atoms with Crippen LogP contribution < -0.4 is 0 Å². The van der Waals surface area contributed by atoms with Crippen molar-refractivity contribution in [1.29, 1.82) is 0 Å². The lowest BCUT2D eigenvalue weighted by Gasteiger charge is -2.60. The molecule has 0 aromatic heterocycles. The fourth-order valence-corrected chi connectivity index (χ4v) is 4.95. The van der Waals surface area contributed by atoms with Crippen LogP contribution in [0.25, 0.3) is 0 Å². The first kappa shape index (κ1) is 16.6. The zero-order chi connectivity index (χ0) is 13.8. The molecule has 19 heavy (non-hydrogen) atoms. The molecule has 0 saturated heterocycles. The highest BCUT2D eigenvalue weighted by Crippen LogP contribution is 2.60. The first-order valence-electron chi connectivity index (χ1n) is 6.98. The van der Waals surface area contributed by atoms with Crippen molar-refractivity contribution in [3.05, 3.63) is 0 Å². The molecule has 0 aromatic carbocycles. The molecule has 0 amide bonds. The highest BCUT2D eigenvalue weighted by atomic mass is 16.3. The van der Waals surface area contributed by atoms with Crippen molar-refractivity contribution < 1.29 is 20.5 Å². The summed E-state index contributed by atoms with van der Waals surface area (Å²) in [6.45, 7) is 8.17. The fourth-order valence-electron chi connectivity index (χ4n) is 4.95. The summed E-state index contributed by atoms with van der Waals surface area (Å²) in [6.07, 6.45) is 2.80. The quantitative estimate of drug-likeness (QED) is 0.754. The lowest BCUT2D eigenvalue weighted by Crippen LogP contribution is -2.60. The van der Waals surface area contributed by atoms with Crippen molar-refractivity contribution in [2.24, 2.45) is 22.7 Å². The molecule has 2 rings (SSSR count). The summed E-state index contributed by atoms with van der Waals surface area (Å²) < 4.78 is 0. The molecular formula is C15H28O4. The first-order valence-corrected chi connectivity index (χ1v) is 6.98. The lowest BCUT2D eigenvalue weighted by atomic mass is 9.45. The van der Waals surface area contributed by atoms with Gasteiger partial charge in [-0.15, -0.1) is 0 Å². The van der Waals surface area contributed by atoms with Gasteiger partial charge < -0.3 is 15.7 Å². The molecule has 112 valence electrons. The maximum Gasteiger partial charge on any atom is 0.134 e. The fraction of sp³-hybridized carbons (Fsp3) is 0.933. The highest BCUT2D eigenvalue weighted by Gasteiger charge is 2.59. The number of aliphatic hydroxyl groups is 2. The number of carbonyl (C=O) groups excluding carboxylic acids is 1. The van der Waals surface area contributed by atoms with Gasteiger partial charge >= 0.3 is 0 Å². The van der Waals surface area contributed by atoms with E-state index in [2.05, 4.69) is 20.8 Å². The number of aliphatic hydroxyl groups excluding tert-OH is 1. The zero-order valence-corrected chi connectivity index (χ0v) is 12.5. The van der Waals surface area contributed by atoms with Crippen LogP contribution in [0.2, 0.25) is 0 Å². The molecule has 0 unspecified atom stereocenters. The van der Waals surface area contributed by atoms with Crippen LogP contribution in [0.5, 0.6) is 0 Å². The van der Waals surface area contributed by atoms with Gasteiger partial charge in [0.25, 0.3) is 0 Å². The summed E-state index contributed by atoms with van der Waals surface area (Å²) in [5.74, 6) is 0.474. The van der Waals surface area contributed by atoms with Crippen molar-refractivity contribution in [3.8, 4) is 0 Å². The monoisotopic (exact) mass is 272 g/mol. The van der Waals surface area contributed by atoms with Crippen molar-refractivity contribution in [2.45, 2.75) is 59.0 Å². The van der Waals surface area contributed by atoms with Gasteiger partial charge in [0.1, 0.15) is 5.78 Å². The number of rotatable bonds is 1. The number of hydrogen-bond acceptors (Lipinski definition) is 3. The van der Waals surface area contributed by atoms with E-state index in [1.54, 1.807) is 6.92 Å². The van der Waals surface area contributed by atoms with Crippen LogP contribution in [0.15, 0.2) is 0 Å². The molecule has 2 fully saturated rings. The van der Waals surface area contributed by atoms with Crippen LogP contribution in [0.3, 0.4) is 0 Å². The van der Waals surface area contributed by atoms with Gasteiger partial charge in [-0.3, -0.25) is 4.79 Å². The molecule has 0 aromatic rings. The van der Waals surface area contributed by atoms with Gasteiger partial charge in [0.05, 0.1) is 5.60 Å².